The second-order valence-corrected chi connectivity index (χ2v) is 7.42. The molecule has 5 rings (SSSR count). The van der Waals surface area contributed by atoms with Gasteiger partial charge in [0.1, 0.15) is 11.9 Å². The van der Waals surface area contributed by atoms with E-state index in [1.807, 2.05) is 36.4 Å². The van der Waals surface area contributed by atoms with Crippen molar-refractivity contribution in [2.45, 2.75) is 12.6 Å². The van der Waals surface area contributed by atoms with Crippen LogP contribution in [0.15, 0.2) is 73.1 Å². The number of nitrogens with one attached hydrogen (secondary N) is 1. The number of hydrogen-bond donors (Lipinski definition) is 1. The molecule has 0 unspecified atom stereocenters. The predicted octanol–water partition coefficient (Wildman–Crippen LogP) is 2.49. The van der Waals surface area contributed by atoms with Gasteiger partial charge in [-0.15, -0.1) is 5.10 Å². The van der Waals surface area contributed by atoms with Crippen LogP contribution in [0, 0.1) is 0 Å². The number of para-hydroxylation sites is 1. The molecule has 1 amide bonds. The van der Waals surface area contributed by atoms with Crippen LogP contribution in [0.2, 0.25) is 0 Å². The Morgan fingerprint density at radius 1 is 1.10 bits per heavy atom. The molecule has 156 valence electrons. The number of fused-ring (bicyclic) bond motifs is 2. The van der Waals surface area contributed by atoms with Crippen molar-refractivity contribution in [2.75, 3.05) is 19.6 Å². The van der Waals surface area contributed by atoms with E-state index < -0.39 is 0 Å². The largest absolute Gasteiger partial charge is 0.484 e. The van der Waals surface area contributed by atoms with Gasteiger partial charge >= 0.3 is 0 Å². The highest BCUT2D eigenvalue weighted by Crippen LogP contribution is 2.30. The van der Waals surface area contributed by atoms with Gasteiger partial charge in [-0.3, -0.25) is 9.69 Å². The lowest BCUT2D eigenvalue weighted by atomic mass is 10.1. The van der Waals surface area contributed by atoms with Crippen LogP contribution in [0.3, 0.4) is 0 Å². The van der Waals surface area contributed by atoms with Crippen molar-refractivity contribution in [3.05, 3.63) is 90.0 Å². The molecule has 4 aromatic rings. The van der Waals surface area contributed by atoms with Crippen molar-refractivity contribution in [1.29, 1.82) is 0 Å². The topological polar surface area (TPSA) is 84.7 Å². The molecule has 0 saturated carbocycles. The Morgan fingerprint density at radius 2 is 1.94 bits per heavy atom. The van der Waals surface area contributed by atoms with E-state index in [1.165, 1.54) is 4.52 Å². The second-order valence-electron chi connectivity index (χ2n) is 7.42. The molecule has 8 nitrogen and oxygen atoms in total. The average molecular weight is 414 g/mol. The highest BCUT2D eigenvalue weighted by molar-refractivity contribution is 5.90. The molecular formula is C23H22N6O2. The number of ether oxygens (including phenoxy) is 1. The molecule has 0 radical (unpaired) electrons. The molecule has 1 aliphatic heterocycles. The van der Waals surface area contributed by atoms with Gasteiger partial charge in [0.05, 0.1) is 0 Å². The molecule has 1 aliphatic rings. The summed E-state index contributed by atoms with van der Waals surface area (Å²) in [6.07, 6.45) is 3.25. The zero-order chi connectivity index (χ0) is 21.0. The lowest BCUT2D eigenvalue weighted by molar-refractivity contribution is 0.0933. The fourth-order valence-corrected chi connectivity index (χ4v) is 3.73. The molecule has 1 atom stereocenters. The van der Waals surface area contributed by atoms with Crippen molar-refractivity contribution in [3.63, 3.8) is 0 Å². The van der Waals surface area contributed by atoms with Crippen molar-refractivity contribution in [2.24, 2.45) is 0 Å². The molecule has 0 saturated heterocycles. The Bertz CT molecular complexity index is 1160. The Morgan fingerprint density at radius 3 is 2.81 bits per heavy atom. The van der Waals surface area contributed by atoms with Crippen LogP contribution in [-0.4, -0.2) is 50.0 Å². The van der Waals surface area contributed by atoms with E-state index in [1.54, 1.807) is 18.5 Å². The SMILES string of the molecule is O=C(NCCN1Cc2ccccc2O[C@H](c2ccccc2)C1)c1nc2ncccn2n1. The summed E-state index contributed by atoms with van der Waals surface area (Å²) in [6, 6.07) is 20.1. The third-order valence-electron chi connectivity index (χ3n) is 5.26. The smallest absolute Gasteiger partial charge is 0.291 e. The van der Waals surface area contributed by atoms with Gasteiger partial charge in [-0.05, 0) is 17.7 Å². The van der Waals surface area contributed by atoms with Crippen LogP contribution < -0.4 is 10.1 Å². The summed E-state index contributed by atoms with van der Waals surface area (Å²) >= 11 is 0. The van der Waals surface area contributed by atoms with Crippen LogP contribution in [-0.2, 0) is 6.54 Å². The second kappa shape index (κ2) is 8.53. The van der Waals surface area contributed by atoms with E-state index in [-0.39, 0.29) is 17.8 Å². The van der Waals surface area contributed by atoms with E-state index in [0.29, 0.717) is 18.9 Å². The highest BCUT2D eigenvalue weighted by Gasteiger charge is 2.24. The highest BCUT2D eigenvalue weighted by atomic mass is 16.5. The maximum Gasteiger partial charge on any atom is 0.291 e. The van der Waals surface area contributed by atoms with Gasteiger partial charge in [0.25, 0.3) is 11.7 Å². The van der Waals surface area contributed by atoms with E-state index >= 15 is 0 Å². The van der Waals surface area contributed by atoms with Crippen LogP contribution in [0.25, 0.3) is 5.78 Å². The van der Waals surface area contributed by atoms with Crippen LogP contribution in [0.4, 0.5) is 0 Å². The minimum atomic E-state index is -0.309. The maximum absolute atomic E-state index is 12.5. The van der Waals surface area contributed by atoms with Gasteiger partial charge in [-0.25, -0.2) is 9.50 Å². The van der Waals surface area contributed by atoms with Gasteiger partial charge in [-0.1, -0.05) is 48.5 Å². The number of rotatable bonds is 5. The Hall–Kier alpha value is -3.78. The normalized spacial score (nSPS) is 16.3. The van der Waals surface area contributed by atoms with Crippen molar-refractivity contribution >= 4 is 11.7 Å². The number of hydrogen-bond acceptors (Lipinski definition) is 6. The number of nitrogens with zero attached hydrogens (tertiary/aromatic N) is 5. The third-order valence-corrected chi connectivity index (χ3v) is 5.26. The summed E-state index contributed by atoms with van der Waals surface area (Å²) in [4.78, 5) is 23.0. The minimum absolute atomic E-state index is 0.0771. The first-order valence-electron chi connectivity index (χ1n) is 10.2. The number of amides is 1. The molecule has 2 aromatic heterocycles. The molecule has 0 bridgehead atoms. The molecule has 0 fully saturated rings. The van der Waals surface area contributed by atoms with Crippen molar-refractivity contribution in [3.8, 4) is 5.75 Å². The molecule has 3 heterocycles. The molecule has 2 aromatic carbocycles. The lowest BCUT2D eigenvalue weighted by Gasteiger charge is -2.24. The number of aromatic nitrogens is 4. The van der Waals surface area contributed by atoms with E-state index in [0.717, 1.165) is 30.0 Å². The van der Waals surface area contributed by atoms with Gasteiger partial charge in [0.15, 0.2) is 0 Å². The maximum atomic E-state index is 12.5. The summed E-state index contributed by atoms with van der Waals surface area (Å²) in [5, 5.41) is 7.09. The van der Waals surface area contributed by atoms with Crippen LogP contribution in [0.5, 0.6) is 5.75 Å². The monoisotopic (exact) mass is 414 g/mol. The lowest BCUT2D eigenvalue weighted by Crippen LogP contribution is -2.36. The van der Waals surface area contributed by atoms with Crippen molar-refractivity contribution < 1.29 is 9.53 Å². The van der Waals surface area contributed by atoms with Gasteiger partial charge in [-0.2, -0.15) is 4.98 Å². The Kier molecular flexibility index (Phi) is 5.28. The van der Waals surface area contributed by atoms with Gasteiger partial charge in [0, 0.05) is 44.1 Å². The summed E-state index contributed by atoms with van der Waals surface area (Å²) in [7, 11) is 0. The number of carbonyl (C=O) groups excluding carboxylic acids is 1. The minimum Gasteiger partial charge on any atom is -0.484 e. The van der Waals surface area contributed by atoms with Crippen LogP contribution >= 0.6 is 0 Å². The van der Waals surface area contributed by atoms with Gasteiger partial charge < -0.3 is 10.1 Å². The molecule has 31 heavy (non-hydrogen) atoms. The zero-order valence-corrected chi connectivity index (χ0v) is 16.9. The fourth-order valence-electron chi connectivity index (χ4n) is 3.73. The summed E-state index contributed by atoms with van der Waals surface area (Å²) in [5.41, 5.74) is 2.27. The molecule has 1 N–H and O–H groups in total. The Labute approximate surface area is 179 Å². The molecule has 8 heteroatoms. The summed E-state index contributed by atoms with van der Waals surface area (Å²) in [6.45, 7) is 2.64. The summed E-state index contributed by atoms with van der Waals surface area (Å²) in [5.74, 6) is 1.12. The quantitative estimate of drug-likeness (QED) is 0.540. The molecular weight excluding hydrogens is 392 g/mol. The third kappa shape index (κ3) is 4.24. The molecule has 0 spiro atoms. The van der Waals surface area contributed by atoms with E-state index in [4.69, 9.17) is 4.74 Å². The van der Waals surface area contributed by atoms with E-state index in [2.05, 4.69) is 43.5 Å². The predicted molar refractivity (Wildman–Crippen MR) is 115 cm³/mol. The van der Waals surface area contributed by atoms with Crippen LogP contribution in [0.1, 0.15) is 27.8 Å². The molecule has 0 aliphatic carbocycles. The Balaban J connectivity index is 1.27. The fraction of sp³-hybridized carbons (Fsp3) is 0.217. The van der Waals surface area contributed by atoms with E-state index in [9.17, 15) is 4.79 Å². The standard InChI is InChI=1S/C23H22N6O2/c30-22(21-26-23-25-11-6-13-29(23)27-21)24-12-14-28-15-18-9-4-5-10-19(18)31-20(16-28)17-7-2-1-3-8-17/h1-11,13,20H,12,14-16H2,(H,24,30)/t20-/m0/s1. The number of carbonyl (C=O) groups is 1. The number of benzene rings is 2. The first kappa shape index (κ1) is 19.2. The van der Waals surface area contributed by atoms with Crippen molar-refractivity contribution in [1.82, 2.24) is 29.8 Å². The first-order chi connectivity index (χ1) is 15.3. The first-order valence-corrected chi connectivity index (χ1v) is 10.2. The summed E-state index contributed by atoms with van der Waals surface area (Å²) < 4.78 is 7.83. The zero-order valence-electron chi connectivity index (χ0n) is 16.9. The van der Waals surface area contributed by atoms with Gasteiger partial charge in [0.2, 0.25) is 5.82 Å². The average Bonchev–Trinajstić information content (AvgIpc) is 3.15.